The quantitative estimate of drug-likeness (QED) is 0.662. The van der Waals surface area contributed by atoms with E-state index in [-0.39, 0.29) is 11.8 Å². The molecule has 31 heavy (non-hydrogen) atoms. The van der Waals surface area contributed by atoms with E-state index in [4.69, 9.17) is 21.4 Å². The molecule has 0 aliphatic carbocycles. The number of hydrogen-bond acceptors (Lipinski definition) is 4. The number of carbonyl (C=O) groups is 1. The smallest absolute Gasteiger partial charge is 0.304 e. The summed E-state index contributed by atoms with van der Waals surface area (Å²) in [7, 11) is 0. The third-order valence-corrected chi connectivity index (χ3v) is 7.61. The minimum Gasteiger partial charge on any atom is -0.492 e. The van der Waals surface area contributed by atoms with Gasteiger partial charge in [-0.05, 0) is 55.6 Å². The number of rotatable bonds is 6. The molecule has 0 saturated carbocycles. The summed E-state index contributed by atoms with van der Waals surface area (Å²) in [6, 6.07) is 13.4. The molecule has 3 aliphatic rings. The van der Waals surface area contributed by atoms with Gasteiger partial charge in [0.15, 0.2) is 0 Å². The second-order valence-corrected chi connectivity index (χ2v) is 9.52. The van der Waals surface area contributed by atoms with Crippen LogP contribution in [0.15, 0.2) is 36.4 Å². The van der Waals surface area contributed by atoms with Gasteiger partial charge in [-0.2, -0.15) is 0 Å². The van der Waals surface area contributed by atoms with Crippen LogP contribution in [0.3, 0.4) is 0 Å². The Kier molecular flexibility index (Phi) is 5.35. The maximum absolute atomic E-state index is 10.9. The number of aryl methyl sites for hydroxylation is 1. The molecule has 5 nitrogen and oxygen atoms in total. The first-order valence-electron chi connectivity index (χ1n) is 11.3. The zero-order valence-electron chi connectivity index (χ0n) is 17.9. The number of anilines is 1. The summed E-state index contributed by atoms with van der Waals surface area (Å²) >= 11 is 6.50. The zero-order chi connectivity index (χ0) is 21.6. The van der Waals surface area contributed by atoms with E-state index in [1.54, 1.807) is 0 Å². The first kappa shape index (κ1) is 20.7. The molecule has 1 spiro atoms. The van der Waals surface area contributed by atoms with Gasteiger partial charge in [0.05, 0.1) is 19.1 Å². The fourth-order valence-corrected chi connectivity index (χ4v) is 5.42. The van der Waals surface area contributed by atoms with Gasteiger partial charge in [-0.3, -0.25) is 4.79 Å². The predicted molar refractivity (Wildman–Crippen MR) is 122 cm³/mol. The Hall–Kier alpha value is -2.24. The highest BCUT2D eigenvalue weighted by molar-refractivity contribution is 6.31. The number of ether oxygens (including phenoxy) is 1. The molecule has 2 aromatic carbocycles. The van der Waals surface area contributed by atoms with Gasteiger partial charge in [-0.1, -0.05) is 36.7 Å². The maximum atomic E-state index is 10.9. The molecule has 1 N–H and O–H groups in total. The van der Waals surface area contributed by atoms with Crippen LogP contribution in [0.25, 0.3) is 0 Å². The maximum Gasteiger partial charge on any atom is 0.304 e. The molecule has 6 heteroatoms. The molecule has 1 unspecified atom stereocenters. The van der Waals surface area contributed by atoms with E-state index in [0.717, 1.165) is 56.3 Å². The lowest BCUT2D eigenvalue weighted by molar-refractivity contribution is -0.137. The topological polar surface area (TPSA) is 52.8 Å². The minimum absolute atomic E-state index is 0.0740. The SMILES string of the molecule is CCc1ccc(Cl)c(C2CN2c2ccc3c(c2)OCC32CCN(CCC(=O)O)CC2)c1. The van der Waals surface area contributed by atoms with E-state index in [1.807, 2.05) is 6.07 Å². The highest BCUT2D eigenvalue weighted by Gasteiger charge is 2.44. The van der Waals surface area contributed by atoms with Crippen molar-refractivity contribution in [1.29, 1.82) is 0 Å². The zero-order valence-corrected chi connectivity index (χ0v) is 18.7. The Labute approximate surface area is 188 Å². The molecular weight excluding hydrogens is 412 g/mol. The third-order valence-electron chi connectivity index (χ3n) is 7.27. The van der Waals surface area contributed by atoms with E-state index in [1.165, 1.54) is 22.4 Å². The second kappa shape index (κ2) is 8.03. The van der Waals surface area contributed by atoms with Crippen LogP contribution < -0.4 is 9.64 Å². The van der Waals surface area contributed by atoms with Crippen molar-refractivity contribution >= 4 is 23.3 Å². The van der Waals surface area contributed by atoms with E-state index in [9.17, 15) is 4.79 Å². The van der Waals surface area contributed by atoms with Gasteiger partial charge in [-0.15, -0.1) is 0 Å². The van der Waals surface area contributed by atoms with Crippen LogP contribution in [0, 0.1) is 0 Å². The fraction of sp³-hybridized carbons (Fsp3) is 0.480. The van der Waals surface area contributed by atoms with Crippen LogP contribution in [0.5, 0.6) is 5.75 Å². The van der Waals surface area contributed by atoms with Crippen LogP contribution in [-0.2, 0) is 16.6 Å². The molecule has 0 bridgehead atoms. The molecule has 3 aliphatic heterocycles. The van der Waals surface area contributed by atoms with Crippen molar-refractivity contribution in [2.24, 2.45) is 0 Å². The summed E-state index contributed by atoms with van der Waals surface area (Å²) in [4.78, 5) is 15.5. The van der Waals surface area contributed by atoms with Gasteiger partial charge in [0, 0.05) is 40.8 Å². The number of halogens is 1. The molecule has 3 heterocycles. The molecule has 1 atom stereocenters. The summed E-state index contributed by atoms with van der Waals surface area (Å²) in [5.74, 6) is 0.286. The molecule has 2 saturated heterocycles. The summed E-state index contributed by atoms with van der Waals surface area (Å²) in [5, 5.41) is 9.77. The average Bonchev–Trinajstić information content (AvgIpc) is 3.51. The monoisotopic (exact) mass is 440 g/mol. The van der Waals surface area contributed by atoms with Crippen molar-refractivity contribution in [2.75, 3.05) is 37.7 Å². The first-order valence-corrected chi connectivity index (χ1v) is 11.6. The highest BCUT2D eigenvalue weighted by atomic mass is 35.5. The van der Waals surface area contributed by atoms with E-state index < -0.39 is 5.97 Å². The number of aliphatic carboxylic acids is 1. The lowest BCUT2D eigenvalue weighted by Crippen LogP contribution is -2.44. The molecule has 2 aromatic rings. The lowest BCUT2D eigenvalue weighted by atomic mass is 9.74. The molecule has 2 fully saturated rings. The average molecular weight is 441 g/mol. The number of fused-ring (bicyclic) bond motifs is 2. The lowest BCUT2D eigenvalue weighted by Gasteiger charge is -2.38. The van der Waals surface area contributed by atoms with Gasteiger partial charge in [-0.25, -0.2) is 0 Å². The Morgan fingerprint density at radius 1 is 1.23 bits per heavy atom. The Morgan fingerprint density at radius 2 is 2.03 bits per heavy atom. The molecule has 0 aromatic heterocycles. The van der Waals surface area contributed by atoms with Crippen molar-refractivity contribution in [1.82, 2.24) is 4.90 Å². The molecule has 5 rings (SSSR count). The summed E-state index contributed by atoms with van der Waals surface area (Å²) in [5.41, 5.74) is 5.12. The first-order chi connectivity index (χ1) is 15.0. The van der Waals surface area contributed by atoms with Crippen LogP contribution in [-0.4, -0.2) is 48.8 Å². The van der Waals surface area contributed by atoms with Crippen LogP contribution in [0.4, 0.5) is 5.69 Å². The van der Waals surface area contributed by atoms with Gasteiger partial charge in [0.1, 0.15) is 5.75 Å². The summed E-state index contributed by atoms with van der Waals surface area (Å²) in [6.07, 6.45) is 3.26. The van der Waals surface area contributed by atoms with E-state index in [2.05, 4.69) is 47.1 Å². The van der Waals surface area contributed by atoms with E-state index in [0.29, 0.717) is 12.6 Å². The Morgan fingerprint density at radius 3 is 2.77 bits per heavy atom. The van der Waals surface area contributed by atoms with E-state index >= 15 is 0 Å². The standard InChI is InChI=1S/C25H29ClN2O3/c1-2-17-3-6-21(26)19(13-17)22-15-28(22)18-4-5-20-23(14-18)31-16-25(20)8-11-27(12-9-25)10-7-24(29)30/h3-6,13-14,22H,2,7-12,15-16H2,1H3,(H,29,30). The second-order valence-electron chi connectivity index (χ2n) is 9.11. The summed E-state index contributed by atoms with van der Waals surface area (Å²) < 4.78 is 6.18. The van der Waals surface area contributed by atoms with Gasteiger partial charge in [0.2, 0.25) is 0 Å². The van der Waals surface area contributed by atoms with Crippen molar-refractivity contribution in [3.8, 4) is 5.75 Å². The highest BCUT2D eigenvalue weighted by Crippen LogP contribution is 2.49. The number of benzene rings is 2. The number of nitrogens with zero attached hydrogens (tertiary/aromatic N) is 2. The van der Waals surface area contributed by atoms with Crippen molar-refractivity contribution < 1.29 is 14.6 Å². The third kappa shape index (κ3) is 3.90. The van der Waals surface area contributed by atoms with Crippen LogP contribution in [0.1, 0.15) is 48.9 Å². The van der Waals surface area contributed by atoms with Crippen LogP contribution >= 0.6 is 11.6 Å². The van der Waals surface area contributed by atoms with Gasteiger partial charge in [0.25, 0.3) is 0 Å². The number of carboxylic acids is 1. The largest absolute Gasteiger partial charge is 0.492 e. The number of hydrogen-bond donors (Lipinski definition) is 1. The van der Waals surface area contributed by atoms with Crippen molar-refractivity contribution in [3.05, 3.63) is 58.1 Å². The van der Waals surface area contributed by atoms with Crippen LogP contribution in [0.2, 0.25) is 5.02 Å². The molecular formula is C25H29ClN2O3. The minimum atomic E-state index is -0.724. The molecule has 164 valence electrons. The predicted octanol–water partition coefficient (Wildman–Crippen LogP) is 4.66. The summed E-state index contributed by atoms with van der Waals surface area (Å²) in [6.45, 7) is 6.37. The van der Waals surface area contributed by atoms with Gasteiger partial charge >= 0.3 is 5.97 Å². The van der Waals surface area contributed by atoms with Gasteiger partial charge < -0.3 is 19.6 Å². The normalized spacial score (nSPS) is 21.7. The Balaban J connectivity index is 1.28. The molecule has 0 radical (unpaired) electrons. The number of piperidine rings is 1. The van der Waals surface area contributed by atoms with Crippen molar-refractivity contribution in [3.63, 3.8) is 0 Å². The Bertz CT molecular complexity index is 1000. The molecule has 0 amide bonds. The number of likely N-dealkylation sites (tertiary alicyclic amines) is 1. The van der Waals surface area contributed by atoms with Crippen molar-refractivity contribution in [2.45, 2.75) is 44.1 Å². The number of carboxylic acid groups (broad SMARTS) is 1. The fourth-order valence-electron chi connectivity index (χ4n) is 5.17.